The molecule has 10 nitrogen and oxygen atoms in total. The molecule has 2 aromatic heterocycles. The quantitative estimate of drug-likeness (QED) is 0.185. The lowest BCUT2D eigenvalue weighted by molar-refractivity contribution is 0.0468. The van der Waals surface area contributed by atoms with E-state index in [9.17, 15) is 18.0 Å². The van der Waals surface area contributed by atoms with Gasteiger partial charge < -0.3 is 10.1 Å². The molecule has 0 atom stereocenters. The molecule has 14 heteroatoms. The number of sulfonamides is 1. The highest BCUT2D eigenvalue weighted by molar-refractivity contribution is 7.92. The largest absolute Gasteiger partial charge is 0.456 e. The van der Waals surface area contributed by atoms with Crippen LogP contribution in [0.5, 0.6) is 0 Å². The van der Waals surface area contributed by atoms with Crippen molar-refractivity contribution >= 4 is 67.0 Å². The van der Waals surface area contributed by atoms with E-state index in [4.69, 9.17) is 27.9 Å². The number of carbonyl (C=O) groups is 1. The predicted octanol–water partition coefficient (Wildman–Crippen LogP) is 6.15. The molecule has 5 rings (SSSR count). The van der Waals surface area contributed by atoms with Crippen LogP contribution < -0.4 is 15.6 Å². The van der Waals surface area contributed by atoms with Gasteiger partial charge in [-0.15, -0.1) is 11.3 Å². The Morgan fingerprint density at radius 1 is 1.05 bits per heavy atom. The van der Waals surface area contributed by atoms with Gasteiger partial charge in [-0.2, -0.15) is 0 Å². The van der Waals surface area contributed by atoms with Gasteiger partial charge >= 0.3 is 5.97 Å². The Kier molecular flexibility index (Phi) is 8.41. The van der Waals surface area contributed by atoms with Crippen molar-refractivity contribution in [3.8, 4) is 5.69 Å². The van der Waals surface area contributed by atoms with E-state index in [1.54, 1.807) is 49.7 Å². The Labute approximate surface area is 255 Å². The minimum absolute atomic E-state index is 0.144. The number of nitrogens with zero attached hydrogens (tertiary/aromatic N) is 3. The molecule has 2 N–H and O–H groups in total. The van der Waals surface area contributed by atoms with Crippen molar-refractivity contribution in [2.24, 2.45) is 7.05 Å². The second-order valence-electron chi connectivity index (χ2n) is 9.02. The van der Waals surface area contributed by atoms with Crippen LogP contribution >= 0.6 is 34.5 Å². The maximum atomic E-state index is 13.5. The molecule has 0 amide bonds. The average molecular weight is 645 g/mol. The summed E-state index contributed by atoms with van der Waals surface area (Å²) in [7, 11) is -2.84. The normalized spacial score (nSPS) is 11.3. The van der Waals surface area contributed by atoms with Gasteiger partial charge in [-0.25, -0.2) is 22.9 Å². The lowest BCUT2D eigenvalue weighted by Gasteiger charge is -2.12. The first-order valence-electron chi connectivity index (χ1n) is 12.3. The number of nitrogens with one attached hydrogen (secondary N) is 2. The Balaban J connectivity index is 1.36. The van der Waals surface area contributed by atoms with Crippen LogP contribution in [0.15, 0.2) is 87.9 Å². The molecular formula is C28H23Cl2N5O5S2. The fourth-order valence-electron chi connectivity index (χ4n) is 4.05. The molecule has 3 aromatic carbocycles. The summed E-state index contributed by atoms with van der Waals surface area (Å²) < 4.78 is 37.5. The number of esters is 1. The van der Waals surface area contributed by atoms with E-state index in [-0.39, 0.29) is 27.9 Å². The van der Waals surface area contributed by atoms with Gasteiger partial charge in [-0.05, 0) is 43.3 Å². The molecular weight excluding hydrogens is 621 g/mol. The highest BCUT2D eigenvalue weighted by atomic mass is 35.5. The van der Waals surface area contributed by atoms with Crippen LogP contribution in [0.1, 0.15) is 21.7 Å². The van der Waals surface area contributed by atoms with E-state index in [1.165, 1.54) is 26.8 Å². The molecule has 5 aromatic rings. The number of carbonyl (C=O) groups excluding carboxylic acids is 1. The first kappa shape index (κ1) is 29.4. The van der Waals surface area contributed by atoms with Crippen LogP contribution in [0.4, 0.5) is 16.5 Å². The minimum Gasteiger partial charge on any atom is -0.456 e. The maximum Gasteiger partial charge on any atom is 0.338 e. The summed E-state index contributed by atoms with van der Waals surface area (Å²) in [6.07, 6.45) is 0. The number of anilines is 3. The second kappa shape index (κ2) is 12.0. The topological polar surface area (TPSA) is 124 Å². The summed E-state index contributed by atoms with van der Waals surface area (Å²) in [5.74, 6) is -0.835. The van der Waals surface area contributed by atoms with Gasteiger partial charge in [0, 0.05) is 18.1 Å². The van der Waals surface area contributed by atoms with Crippen molar-refractivity contribution in [2.45, 2.75) is 18.4 Å². The Bertz CT molecular complexity index is 1940. The van der Waals surface area contributed by atoms with Crippen molar-refractivity contribution in [1.82, 2.24) is 14.3 Å². The first-order valence-corrected chi connectivity index (χ1v) is 15.5. The number of ether oxygens (including phenoxy) is 1. The van der Waals surface area contributed by atoms with E-state index in [1.807, 2.05) is 30.3 Å². The Morgan fingerprint density at radius 3 is 2.40 bits per heavy atom. The van der Waals surface area contributed by atoms with Crippen LogP contribution in [-0.2, 0) is 28.4 Å². The first-order chi connectivity index (χ1) is 20.0. The fraction of sp³-hybridized carbons (Fsp3) is 0.107. The fourth-order valence-corrected chi connectivity index (χ4v) is 6.70. The molecule has 0 radical (unpaired) electrons. The Morgan fingerprint density at radius 2 is 1.71 bits per heavy atom. The zero-order valence-corrected chi connectivity index (χ0v) is 25.3. The molecule has 0 spiro atoms. The smallest absolute Gasteiger partial charge is 0.338 e. The van der Waals surface area contributed by atoms with E-state index >= 15 is 0 Å². The maximum absolute atomic E-state index is 13.5. The molecule has 0 fully saturated rings. The van der Waals surface area contributed by atoms with Gasteiger partial charge in [-0.3, -0.25) is 14.2 Å². The monoisotopic (exact) mass is 643 g/mol. The van der Waals surface area contributed by atoms with Crippen molar-refractivity contribution in [2.75, 3.05) is 10.0 Å². The Hall–Kier alpha value is -4.10. The zero-order valence-electron chi connectivity index (χ0n) is 22.2. The number of rotatable bonds is 9. The van der Waals surface area contributed by atoms with E-state index in [0.717, 1.165) is 11.8 Å². The third-order valence-electron chi connectivity index (χ3n) is 6.24. The molecule has 0 aliphatic carbocycles. The van der Waals surface area contributed by atoms with Crippen molar-refractivity contribution in [3.63, 3.8) is 0 Å². The standard InChI is InChI=1S/C28H23Cl2N5O5S2/c1-17-25(26(36)35(34(17)2)21-11-7-4-8-12-21)33-42(38,39)23-14-18(13-22(29)24(23)30)27(37)40-15-20-16-41-28(32-20)31-19-9-5-3-6-10-19/h3-14,16,33H,15H2,1-2H3,(H,31,32). The van der Waals surface area contributed by atoms with Gasteiger partial charge in [0.2, 0.25) is 0 Å². The van der Waals surface area contributed by atoms with E-state index < -0.39 is 26.4 Å². The summed E-state index contributed by atoms with van der Waals surface area (Å²) >= 11 is 13.8. The third-order valence-corrected chi connectivity index (χ3v) is 9.33. The van der Waals surface area contributed by atoms with Crippen LogP contribution in [0, 0.1) is 6.92 Å². The molecule has 0 bridgehead atoms. The molecule has 0 unspecified atom stereocenters. The summed E-state index contributed by atoms with van der Waals surface area (Å²) in [6, 6.07) is 20.5. The average Bonchev–Trinajstić information content (AvgIpc) is 3.51. The third kappa shape index (κ3) is 6.07. The summed E-state index contributed by atoms with van der Waals surface area (Å²) in [6.45, 7) is 1.44. The van der Waals surface area contributed by atoms with Crippen LogP contribution in [0.3, 0.4) is 0 Å². The number of hydrogen-bond acceptors (Lipinski definition) is 8. The summed E-state index contributed by atoms with van der Waals surface area (Å²) in [5.41, 5.74) is 1.35. The molecule has 2 heterocycles. The summed E-state index contributed by atoms with van der Waals surface area (Å²) in [4.78, 5) is 30.0. The summed E-state index contributed by atoms with van der Waals surface area (Å²) in [5, 5.41) is 5.02. The van der Waals surface area contributed by atoms with Gasteiger partial charge in [0.25, 0.3) is 15.6 Å². The van der Waals surface area contributed by atoms with Crippen molar-refractivity contribution in [1.29, 1.82) is 0 Å². The lowest BCUT2D eigenvalue weighted by Crippen LogP contribution is -2.23. The number of aromatic nitrogens is 3. The molecule has 0 aliphatic heterocycles. The van der Waals surface area contributed by atoms with Crippen molar-refractivity contribution < 1.29 is 17.9 Å². The van der Waals surface area contributed by atoms with Crippen LogP contribution in [0.25, 0.3) is 5.69 Å². The van der Waals surface area contributed by atoms with Gasteiger partial charge in [0.1, 0.15) is 17.2 Å². The predicted molar refractivity (Wildman–Crippen MR) is 164 cm³/mol. The number of hydrogen-bond donors (Lipinski definition) is 2. The number of para-hydroxylation sites is 2. The van der Waals surface area contributed by atoms with E-state index in [2.05, 4.69) is 15.0 Å². The second-order valence-corrected chi connectivity index (χ2v) is 12.3. The SMILES string of the molecule is Cc1c(NS(=O)(=O)c2cc(C(=O)OCc3csc(Nc4ccccc4)n3)cc(Cl)c2Cl)c(=O)n(-c2ccccc2)n1C. The van der Waals surface area contributed by atoms with Gasteiger partial charge in [0.05, 0.1) is 32.7 Å². The molecule has 42 heavy (non-hydrogen) atoms. The number of benzene rings is 3. The van der Waals surface area contributed by atoms with Gasteiger partial charge in [0.15, 0.2) is 5.13 Å². The number of halogens is 2. The van der Waals surface area contributed by atoms with Crippen LogP contribution in [0.2, 0.25) is 10.0 Å². The van der Waals surface area contributed by atoms with E-state index in [0.29, 0.717) is 22.2 Å². The number of thiazole rings is 1. The molecule has 216 valence electrons. The molecule has 0 aliphatic rings. The molecule has 0 saturated heterocycles. The lowest BCUT2D eigenvalue weighted by atomic mass is 10.2. The van der Waals surface area contributed by atoms with Crippen LogP contribution in [-0.4, -0.2) is 28.7 Å². The zero-order chi connectivity index (χ0) is 30.0. The highest BCUT2D eigenvalue weighted by Gasteiger charge is 2.27. The molecule has 0 saturated carbocycles. The minimum atomic E-state index is -4.47. The van der Waals surface area contributed by atoms with Crippen molar-refractivity contribution in [3.05, 3.63) is 116 Å². The van der Waals surface area contributed by atoms with Gasteiger partial charge in [-0.1, -0.05) is 59.6 Å². The highest BCUT2D eigenvalue weighted by Crippen LogP contribution is 2.33.